The Morgan fingerprint density at radius 1 is 1.29 bits per heavy atom. The van der Waals surface area contributed by atoms with Crippen molar-refractivity contribution in [1.82, 2.24) is 9.88 Å². The van der Waals surface area contributed by atoms with Crippen molar-refractivity contribution in [1.29, 1.82) is 5.26 Å². The molecule has 0 spiro atoms. The van der Waals surface area contributed by atoms with Gasteiger partial charge in [-0.25, -0.2) is 4.99 Å². The summed E-state index contributed by atoms with van der Waals surface area (Å²) in [5.41, 5.74) is 3.40. The minimum atomic E-state index is 0.394. The Morgan fingerprint density at radius 2 is 2.07 bits per heavy atom. The monoisotopic (exact) mass is 377 g/mol. The van der Waals surface area contributed by atoms with Gasteiger partial charge in [-0.3, -0.25) is 4.79 Å². The molecule has 1 aromatic heterocycles. The molecule has 2 heterocycles. The molecular weight excluding hydrogens is 354 g/mol. The molecule has 0 amide bonds. The average Bonchev–Trinajstić information content (AvgIpc) is 2.74. The van der Waals surface area contributed by atoms with Crippen molar-refractivity contribution in [3.63, 3.8) is 0 Å². The number of nitrogens with zero attached hydrogens (tertiary/aromatic N) is 4. The number of ether oxygens (including phenoxy) is 1. The van der Waals surface area contributed by atoms with Crippen LogP contribution in [0.4, 0.5) is 5.69 Å². The first-order chi connectivity index (χ1) is 13.7. The molecule has 1 aliphatic rings. The number of carbonyl (C=O) groups is 1. The second-order valence-corrected chi connectivity index (χ2v) is 6.42. The van der Waals surface area contributed by atoms with Crippen LogP contribution in [0.15, 0.2) is 47.6 Å². The third kappa shape index (κ3) is 4.30. The third-order valence-corrected chi connectivity index (χ3v) is 4.65. The van der Waals surface area contributed by atoms with E-state index in [-0.39, 0.29) is 0 Å². The minimum absolute atomic E-state index is 0.394. The van der Waals surface area contributed by atoms with Crippen molar-refractivity contribution in [2.75, 3.05) is 38.2 Å². The topological polar surface area (TPSA) is 82.7 Å². The normalized spacial score (nSPS) is 15.2. The molecule has 0 saturated carbocycles. The zero-order valence-electron chi connectivity index (χ0n) is 16.1. The average molecular weight is 377 g/mol. The van der Waals surface area contributed by atoms with Crippen molar-refractivity contribution >= 4 is 17.7 Å². The molecule has 0 bridgehead atoms. The zero-order valence-corrected chi connectivity index (χ0v) is 16.1. The number of rotatable bonds is 5. The first-order valence-corrected chi connectivity index (χ1v) is 9.07. The van der Waals surface area contributed by atoms with E-state index in [1.807, 2.05) is 29.9 Å². The summed E-state index contributed by atoms with van der Waals surface area (Å²) in [6, 6.07) is 11.2. The van der Waals surface area contributed by atoms with Crippen LogP contribution in [0, 0.1) is 11.3 Å². The molecule has 0 unspecified atom stereocenters. The highest BCUT2D eigenvalue weighted by Gasteiger charge is 2.11. The van der Waals surface area contributed by atoms with E-state index in [0.717, 1.165) is 31.9 Å². The predicted octanol–water partition coefficient (Wildman–Crippen LogP) is 1.46. The Hall–Kier alpha value is -3.37. The van der Waals surface area contributed by atoms with Crippen molar-refractivity contribution in [3.05, 3.63) is 59.2 Å². The highest BCUT2D eigenvalue weighted by Crippen LogP contribution is 2.23. The van der Waals surface area contributed by atoms with Crippen LogP contribution in [-0.2, 0) is 11.8 Å². The molecule has 28 heavy (non-hydrogen) atoms. The van der Waals surface area contributed by atoms with Gasteiger partial charge in [-0.2, -0.15) is 5.26 Å². The fraction of sp³-hybridized carbons (Fsp3) is 0.286. The molecule has 1 aromatic carbocycles. The Labute approximate surface area is 164 Å². The zero-order chi connectivity index (χ0) is 19.9. The number of hydrogen-bond donors (Lipinski definition) is 1. The van der Waals surface area contributed by atoms with Gasteiger partial charge in [0.05, 0.1) is 24.1 Å². The van der Waals surface area contributed by atoms with Gasteiger partial charge in [-0.1, -0.05) is 0 Å². The lowest BCUT2D eigenvalue weighted by atomic mass is 10.1. The molecule has 2 aromatic rings. The number of hydrogen-bond acceptors (Lipinski definition) is 6. The Morgan fingerprint density at radius 3 is 2.71 bits per heavy atom. The summed E-state index contributed by atoms with van der Waals surface area (Å²) in [6.07, 6.45) is 4.13. The van der Waals surface area contributed by atoms with Gasteiger partial charge in [-0.05, 0) is 30.3 Å². The number of nitrogens with one attached hydrogen (secondary N) is 1. The number of allylic oxidation sites excluding steroid dienone is 1. The summed E-state index contributed by atoms with van der Waals surface area (Å²) >= 11 is 0. The summed E-state index contributed by atoms with van der Waals surface area (Å²) in [5, 5.41) is 12.7. The van der Waals surface area contributed by atoms with Crippen molar-refractivity contribution in [3.8, 4) is 11.8 Å². The third-order valence-electron chi connectivity index (χ3n) is 4.65. The van der Waals surface area contributed by atoms with Crippen LogP contribution < -0.4 is 20.4 Å². The first kappa shape index (κ1) is 19.4. The van der Waals surface area contributed by atoms with Gasteiger partial charge in [0.15, 0.2) is 0 Å². The number of aryl methyl sites for hydroxylation is 1. The number of piperazine rings is 1. The quantitative estimate of drug-likeness (QED) is 0.630. The summed E-state index contributed by atoms with van der Waals surface area (Å²) in [7, 11) is 3.44. The highest BCUT2D eigenvalue weighted by atomic mass is 16.5. The number of benzene rings is 1. The predicted molar refractivity (Wildman–Crippen MR) is 108 cm³/mol. The van der Waals surface area contributed by atoms with Crippen molar-refractivity contribution in [2.45, 2.75) is 0 Å². The molecule has 0 aliphatic carbocycles. The van der Waals surface area contributed by atoms with E-state index in [1.54, 1.807) is 18.2 Å². The Balaban J connectivity index is 1.98. The summed E-state index contributed by atoms with van der Waals surface area (Å²) in [4.78, 5) is 18.1. The maximum atomic E-state index is 11.2. The molecule has 1 N–H and O–H groups in total. The van der Waals surface area contributed by atoms with E-state index in [1.165, 1.54) is 13.2 Å². The van der Waals surface area contributed by atoms with E-state index in [4.69, 9.17) is 4.74 Å². The largest absolute Gasteiger partial charge is 0.495 e. The van der Waals surface area contributed by atoms with Gasteiger partial charge in [0.25, 0.3) is 0 Å². The van der Waals surface area contributed by atoms with Crippen LogP contribution in [0.1, 0.15) is 11.1 Å². The van der Waals surface area contributed by atoms with E-state index in [2.05, 4.69) is 21.3 Å². The molecule has 1 saturated heterocycles. The summed E-state index contributed by atoms with van der Waals surface area (Å²) in [6.45, 7) is 3.88. The molecule has 144 valence electrons. The fourth-order valence-electron chi connectivity index (χ4n) is 3.15. The lowest BCUT2D eigenvalue weighted by molar-refractivity contribution is -0.104. The van der Waals surface area contributed by atoms with E-state index < -0.39 is 0 Å². The molecule has 1 fully saturated rings. The molecule has 7 nitrogen and oxygen atoms in total. The number of methoxy groups -OCH3 is 1. The lowest BCUT2D eigenvalue weighted by Gasteiger charge is -2.29. The number of anilines is 1. The number of pyridine rings is 1. The summed E-state index contributed by atoms with van der Waals surface area (Å²) < 4.78 is 7.12. The van der Waals surface area contributed by atoms with Crippen LogP contribution in [0.3, 0.4) is 0 Å². The molecule has 1 aliphatic heterocycles. The van der Waals surface area contributed by atoms with Crippen molar-refractivity contribution in [2.24, 2.45) is 12.0 Å². The maximum absolute atomic E-state index is 11.2. The number of carbonyl (C=O) groups excluding carboxylic acids is 1. The van der Waals surface area contributed by atoms with E-state index in [0.29, 0.717) is 34.3 Å². The molecule has 3 rings (SSSR count). The van der Waals surface area contributed by atoms with Crippen molar-refractivity contribution < 1.29 is 9.53 Å². The van der Waals surface area contributed by atoms with Gasteiger partial charge in [0.1, 0.15) is 23.6 Å². The van der Waals surface area contributed by atoms with Gasteiger partial charge in [0.2, 0.25) is 0 Å². The fourth-order valence-corrected chi connectivity index (χ4v) is 3.15. The second-order valence-electron chi connectivity index (χ2n) is 6.42. The van der Waals surface area contributed by atoms with Gasteiger partial charge >= 0.3 is 0 Å². The van der Waals surface area contributed by atoms with Gasteiger partial charge in [-0.15, -0.1) is 0 Å². The smallest absolute Gasteiger partial charge is 0.145 e. The Bertz CT molecular complexity index is 995. The number of aromatic nitrogens is 1. The lowest BCUT2D eigenvalue weighted by Crippen LogP contribution is -2.43. The first-order valence-electron chi connectivity index (χ1n) is 9.07. The van der Waals surface area contributed by atoms with E-state index in [9.17, 15) is 10.1 Å². The standard InChI is InChI=1S/C21H23N5O2/c1-25-15-18(26-10-8-23-9-11-26)4-6-21(25)24-19(7-12-27)16-3-5-20(28-2)17(13-16)14-22/h3-7,12-13,15,23H,8-11H2,1-2H3/b19-7-,24-21?. The van der Waals surface area contributed by atoms with Crippen LogP contribution in [0.5, 0.6) is 5.75 Å². The van der Waals surface area contributed by atoms with Gasteiger partial charge < -0.3 is 19.5 Å². The molecule has 0 atom stereocenters. The molecule has 7 heteroatoms. The highest BCUT2D eigenvalue weighted by molar-refractivity contribution is 5.81. The van der Waals surface area contributed by atoms with Crippen LogP contribution in [0.25, 0.3) is 5.70 Å². The van der Waals surface area contributed by atoms with Gasteiger partial charge in [0, 0.05) is 51.1 Å². The second kappa shape index (κ2) is 9.02. The minimum Gasteiger partial charge on any atom is -0.495 e. The van der Waals surface area contributed by atoms with Crippen LogP contribution >= 0.6 is 0 Å². The number of aldehydes is 1. The maximum Gasteiger partial charge on any atom is 0.145 e. The van der Waals surface area contributed by atoms with Crippen LogP contribution in [-0.4, -0.2) is 44.1 Å². The number of nitriles is 1. The Kier molecular flexibility index (Phi) is 6.25. The SMILES string of the molecule is COc1ccc(/C(=C/C=O)N=c2ccc(N3CCNCC3)cn2C)cc1C#N. The molecular formula is C21H23N5O2. The molecule has 0 radical (unpaired) electrons. The summed E-state index contributed by atoms with van der Waals surface area (Å²) in [5.74, 6) is 0.489. The van der Waals surface area contributed by atoms with Crippen LogP contribution in [0.2, 0.25) is 0 Å². The van der Waals surface area contributed by atoms with E-state index >= 15 is 0 Å².